The minimum absolute atomic E-state index is 0.00146. The fraction of sp³-hybridized carbons (Fsp3) is 0.600. The predicted octanol–water partition coefficient (Wildman–Crippen LogP) is 1.59. The number of hydrogen-bond donors (Lipinski definition) is 1. The molecule has 1 aromatic rings. The number of alkyl halides is 3. The summed E-state index contributed by atoms with van der Waals surface area (Å²) in [5.74, 6) is -0.00146. The van der Waals surface area contributed by atoms with Gasteiger partial charge >= 0.3 is 6.18 Å². The van der Waals surface area contributed by atoms with Crippen molar-refractivity contribution < 1.29 is 23.0 Å². The van der Waals surface area contributed by atoms with Gasteiger partial charge in [-0.3, -0.25) is 0 Å². The topological polar surface area (TPSA) is 58.5 Å². The van der Waals surface area contributed by atoms with Crippen molar-refractivity contribution in [1.82, 2.24) is 9.97 Å². The molecule has 0 aliphatic carbocycles. The molecule has 0 amide bonds. The lowest BCUT2D eigenvalue weighted by Gasteiger charge is -2.23. The summed E-state index contributed by atoms with van der Waals surface area (Å²) in [5.41, 5.74) is -1.12. The molecule has 1 N–H and O–H groups in total. The van der Waals surface area contributed by atoms with Crippen molar-refractivity contribution in [2.75, 3.05) is 38.3 Å². The Morgan fingerprint density at radius 1 is 1.37 bits per heavy atom. The molecule has 1 heterocycles. The Labute approximate surface area is 113 Å². The lowest BCUT2D eigenvalue weighted by Crippen LogP contribution is -2.31. The van der Waals surface area contributed by atoms with Crippen molar-refractivity contribution >= 4 is 17.4 Å². The van der Waals surface area contributed by atoms with Gasteiger partial charge in [0, 0.05) is 26.3 Å². The molecule has 0 saturated heterocycles. The second-order valence-electron chi connectivity index (χ2n) is 3.58. The van der Waals surface area contributed by atoms with Gasteiger partial charge in [-0.1, -0.05) is 0 Å². The Kier molecular flexibility index (Phi) is 5.77. The monoisotopic (exact) mass is 299 g/mol. The predicted molar refractivity (Wildman–Crippen MR) is 63.2 cm³/mol. The Morgan fingerprint density at radius 2 is 2.05 bits per heavy atom. The minimum atomic E-state index is -4.60. The van der Waals surface area contributed by atoms with Crippen LogP contribution in [0, 0.1) is 0 Å². The summed E-state index contributed by atoms with van der Waals surface area (Å²) in [6.07, 6.45) is -4.60. The highest BCUT2D eigenvalue weighted by Gasteiger charge is 2.34. The molecule has 0 fully saturated rings. The second kappa shape index (κ2) is 6.88. The van der Waals surface area contributed by atoms with Crippen molar-refractivity contribution in [3.05, 3.63) is 17.0 Å². The van der Waals surface area contributed by atoms with E-state index in [-0.39, 0.29) is 32.1 Å². The summed E-state index contributed by atoms with van der Waals surface area (Å²) in [7, 11) is 1.46. The van der Waals surface area contributed by atoms with Crippen molar-refractivity contribution in [2.45, 2.75) is 6.18 Å². The fourth-order valence-electron chi connectivity index (χ4n) is 1.38. The standard InChI is InChI=1S/C10H13ClF3N3O2/c1-19-5-3-17(2-4-18)8-6-7(10(12,13)14)15-9(11)16-8/h6,18H,2-5H2,1H3. The lowest BCUT2D eigenvalue weighted by molar-refractivity contribution is -0.141. The number of aliphatic hydroxyl groups is 1. The Morgan fingerprint density at radius 3 is 2.58 bits per heavy atom. The highest BCUT2D eigenvalue weighted by molar-refractivity contribution is 6.28. The first-order valence-electron chi connectivity index (χ1n) is 5.35. The van der Waals surface area contributed by atoms with Crippen LogP contribution >= 0.6 is 11.6 Å². The van der Waals surface area contributed by atoms with E-state index in [4.69, 9.17) is 21.4 Å². The van der Waals surface area contributed by atoms with E-state index < -0.39 is 17.2 Å². The van der Waals surface area contributed by atoms with Crippen LogP contribution in [0.2, 0.25) is 5.28 Å². The van der Waals surface area contributed by atoms with Crippen molar-refractivity contribution in [2.24, 2.45) is 0 Å². The van der Waals surface area contributed by atoms with Crippen LogP contribution in [0.4, 0.5) is 19.0 Å². The minimum Gasteiger partial charge on any atom is -0.395 e. The maximum atomic E-state index is 12.6. The molecule has 1 rings (SSSR count). The normalized spacial score (nSPS) is 11.7. The van der Waals surface area contributed by atoms with Gasteiger partial charge in [-0.15, -0.1) is 0 Å². The van der Waals surface area contributed by atoms with Crippen LogP contribution in [0.3, 0.4) is 0 Å². The zero-order valence-electron chi connectivity index (χ0n) is 10.1. The maximum Gasteiger partial charge on any atom is 0.433 e. The summed E-state index contributed by atoms with van der Waals surface area (Å²) in [6, 6.07) is 0.789. The number of halogens is 4. The Balaban J connectivity index is 3.05. The second-order valence-corrected chi connectivity index (χ2v) is 3.92. The number of aromatic nitrogens is 2. The average molecular weight is 300 g/mol. The molecule has 1 aromatic heterocycles. The quantitative estimate of drug-likeness (QED) is 0.809. The van der Waals surface area contributed by atoms with Crippen LogP contribution in [0.25, 0.3) is 0 Å². The summed E-state index contributed by atoms with van der Waals surface area (Å²) >= 11 is 5.49. The van der Waals surface area contributed by atoms with Crippen LogP contribution in [0.15, 0.2) is 6.07 Å². The largest absolute Gasteiger partial charge is 0.433 e. The third-order valence-corrected chi connectivity index (χ3v) is 2.40. The molecule has 0 radical (unpaired) electrons. The third-order valence-electron chi connectivity index (χ3n) is 2.24. The third kappa shape index (κ3) is 4.81. The molecule has 0 spiro atoms. The summed E-state index contributed by atoms with van der Waals surface area (Å²) in [4.78, 5) is 8.31. The van der Waals surface area contributed by atoms with E-state index in [9.17, 15) is 13.2 Å². The van der Waals surface area contributed by atoms with Crippen LogP contribution in [-0.2, 0) is 10.9 Å². The van der Waals surface area contributed by atoms with Gasteiger partial charge in [-0.2, -0.15) is 13.2 Å². The number of hydrogen-bond acceptors (Lipinski definition) is 5. The number of rotatable bonds is 6. The van der Waals surface area contributed by atoms with Gasteiger partial charge in [0.25, 0.3) is 0 Å². The van der Waals surface area contributed by atoms with E-state index in [0.717, 1.165) is 6.07 Å². The molecule has 19 heavy (non-hydrogen) atoms. The van der Waals surface area contributed by atoms with Gasteiger partial charge in [0.05, 0.1) is 13.2 Å². The Hall–Kier alpha value is -1.12. The van der Waals surface area contributed by atoms with E-state index in [2.05, 4.69) is 9.97 Å². The van der Waals surface area contributed by atoms with E-state index in [1.807, 2.05) is 0 Å². The average Bonchev–Trinajstić information content (AvgIpc) is 2.32. The van der Waals surface area contributed by atoms with E-state index in [1.54, 1.807) is 0 Å². The van der Waals surface area contributed by atoms with E-state index in [0.29, 0.717) is 0 Å². The van der Waals surface area contributed by atoms with E-state index in [1.165, 1.54) is 12.0 Å². The van der Waals surface area contributed by atoms with E-state index >= 15 is 0 Å². The number of ether oxygens (including phenoxy) is 1. The van der Waals surface area contributed by atoms with Crippen molar-refractivity contribution in [1.29, 1.82) is 0 Å². The first kappa shape index (κ1) is 15.9. The molecule has 108 valence electrons. The first-order chi connectivity index (χ1) is 8.88. The first-order valence-corrected chi connectivity index (χ1v) is 5.72. The van der Waals surface area contributed by atoms with Crippen molar-refractivity contribution in [3.63, 3.8) is 0 Å². The summed E-state index contributed by atoms with van der Waals surface area (Å²) in [5, 5.41) is 8.42. The molecule has 0 bridgehead atoms. The molecule has 0 aromatic carbocycles. The van der Waals surface area contributed by atoms with Crippen molar-refractivity contribution in [3.8, 4) is 0 Å². The fourth-order valence-corrected chi connectivity index (χ4v) is 1.55. The SMILES string of the molecule is COCCN(CCO)c1cc(C(F)(F)F)nc(Cl)n1. The summed E-state index contributed by atoms with van der Waals surface area (Å²) < 4.78 is 42.7. The molecule has 0 atom stereocenters. The molecule has 5 nitrogen and oxygen atoms in total. The molecular weight excluding hydrogens is 287 g/mol. The van der Waals surface area contributed by atoms with Gasteiger partial charge in [-0.25, -0.2) is 9.97 Å². The van der Waals surface area contributed by atoms with Crippen LogP contribution in [0.5, 0.6) is 0 Å². The molecular formula is C10H13ClF3N3O2. The van der Waals surface area contributed by atoms with Gasteiger partial charge in [0.15, 0.2) is 5.69 Å². The maximum absolute atomic E-state index is 12.6. The zero-order chi connectivity index (χ0) is 14.5. The number of anilines is 1. The number of nitrogens with zero attached hydrogens (tertiary/aromatic N) is 3. The van der Waals surface area contributed by atoms with Gasteiger partial charge < -0.3 is 14.7 Å². The zero-order valence-corrected chi connectivity index (χ0v) is 10.9. The highest BCUT2D eigenvalue weighted by Crippen LogP contribution is 2.30. The molecule has 9 heteroatoms. The number of methoxy groups -OCH3 is 1. The van der Waals surface area contributed by atoms with Gasteiger partial charge in [0.2, 0.25) is 5.28 Å². The highest BCUT2D eigenvalue weighted by atomic mass is 35.5. The molecule has 0 aliphatic rings. The lowest BCUT2D eigenvalue weighted by atomic mass is 10.3. The van der Waals surface area contributed by atoms with Gasteiger partial charge in [0.1, 0.15) is 5.82 Å². The van der Waals surface area contributed by atoms with Gasteiger partial charge in [-0.05, 0) is 11.6 Å². The Bertz CT molecular complexity index is 417. The van der Waals surface area contributed by atoms with Crippen LogP contribution in [-0.4, -0.2) is 48.5 Å². The smallest absolute Gasteiger partial charge is 0.395 e. The summed E-state index contributed by atoms with van der Waals surface area (Å²) in [6.45, 7) is 0.450. The molecule has 0 saturated carbocycles. The molecule has 0 aliphatic heterocycles. The van der Waals surface area contributed by atoms with Crippen LogP contribution in [0.1, 0.15) is 5.69 Å². The molecule has 0 unspecified atom stereocenters. The van der Waals surface area contributed by atoms with Crippen LogP contribution < -0.4 is 4.90 Å². The number of aliphatic hydroxyl groups excluding tert-OH is 1.